The molecule has 0 heterocycles. The third kappa shape index (κ3) is 4.38. The van der Waals surface area contributed by atoms with Gasteiger partial charge in [0, 0.05) is 0 Å². The zero-order chi connectivity index (χ0) is 8.91. The van der Waals surface area contributed by atoms with Crippen molar-refractivity contribution in [3.05, 3.63) is 0 Å². The first-order valence-corrected chi connectivity index (χ1v) is 4.36. The summed E-state index contributed by atoms with van der Waals surface area (Å²) in [5.41, 5.74) is -0.0447. The summed E-state index contributed by atoms with van der Waals surface area (Å²) in [5, 5.41) is 8.98. The van der Waals surface area contributed by atoms with Gasteiger partial charge >= 0.3 is 0 Å². The molecule has 1 N–H and O–H groups in total. The van der Waals surface area contributed by atoms with E-state index in [0.717, 1.165) is 12.8 Å². The summed E-state index contributed by atoms with van der Waals surface area (Å²) < 4.78 is 5.54. The quantitative estimate of drug-likeness (QED) is 0.666. The first-order valence-electron chi connectivity index (χ1n) is 4.36. The molecule has 0 radical (unpaired) electrons. The predicted octanol–water partition coefficient (Wildman–Crippen LogP) is 1.96. The molecule has 0 aromatic rings. The average molecular weight is 160 g/mol. The molecule has 0 amide bonds. The molecule has 0 spiro atoms. The highest BCUT2D eigenvalue weighted by molar-refractivity contribution is 4.70. The van der Waals surface area contributed by atoms with Gasteiger partial charge in [-0.3, -0.25) is 0 Å². The molecule has 2 nitrogen and oxygen atoms in total. The minimum atomic E-state index is -0.354. The van der Waals surface area contributed by atoms with Crippen LogP contribution < -0.4 is 0 Å². The lowest BCUT2D eigenvalue weighted by Crippen LogP contribution is -2.30. The van der Waals surface area contributed by atoms with E-state index in [0.29, 0.717) is 6.61 Å². The largest absolute Gasteiger partial charge is 0.391 e. The van der Waals surface area contributed by atoms with Crippen LogP contribution in [0.15, 0.2) is 0 Å². The molecule has 1 unspecified atom stereocenters. The summed E-state index contributed by atoms with van der Waals surface area (Å²) in [6.45, 7) is 8.47. The van der Waals surface area contributed by atoms with Gasteiger partial charge in [0.2, 0.25) is 0 Å². The van der Waals surface area contributed by atoms with Crippen molar-refractivity contribution >= 4 is 0 Å². The zero-order valence-corrected chi connectivity index (χ0v) is 8.05. The van der Waals surface area contributed by atoms with Crippen molar-refractivity contribution in [2.75, 3.05) is 6.61 Å². The minimum absolute atomic E-state index is 0.0447. The van der Waals surface area contributed by atoms with E-state index >= 15 is 0 Å². The highest BCUT2D eigenvalue weighted by atomic mass is 16.5. The Morgan fingerprint density at radius 1 is 1.36 bits per heavy atom. The molecular formula is C9H20O2. The van der Waals surface area contributed by atoms with E-state index in [1.165, 1.54) is 0 Å². The van der Waals surface area contributed by atoms with Gasteiger partial charge in [0.1, 0.15) is 0 Å². The fourth-order valence-corrected chi connectivity index (χ4v) is 0.776. The highest BCUT2D eigenvalue weighted by Crippen LogP contribution is 2.19. The van der Waals surface area contributed by atoms with Crippen LogP contribution in [0.4, 0.5) is 0 Å². The fourth-order valence-electron chi connectivity index (χ4n) is 0.776. The van der Waals surface area contributed by atoms with E-state index in [4.69, 9.17) is 9.84 Å². The molecule has 0 fully saturated rings. The zero-order valence-electron chi connectivity index (χ0n) is 8.05. The van der Waals surface area contributed by atoms with Crippen LogP contribution in [-0.2, 0) is 4.74 Å². The number of hydrogen-bond acceptors (Lipinski definition) is 2. The van der Waals surface area contributed by atoms with Gasteiger partial charge in [-0.1, -0.05) is 13.8 Å². The minimum Gasteiger partial charge on any atom is -0.391 e. The van der Waals surface area contributed by atoms with Crippen LogP contribution in [0.25, 0.3) is 0 Å². The van der Waals surface area contributed by atoms with Crippen LogP contribution in [0.3, 0.4) is 0 Å². The first-order chi connectivity index (χ1) is 5.04. The normalized spacial score (nSPS) is 15.0. The lowest BCUT2D eigenvalue weighted by molar-refractivity contribution is -0.0695. The molecule has 0 rings (SSSR count). The Kier molecular flexibility index (Phi) is 4.69. The Hall–Kier alpha value is -0.0800. The molecule has 0 bridgehead atoms. The van der Waals surface area contributed by atoms with Crippen molar-refractivity contribution < 1.29 is 9.84 Å². The Labute approximate surface area is 69.6 Å². The van der Waals surface area contributed by atoms with E-state index in [9.17, 15) is 0 Å². The second-order valence-electron chi connectivity index (χ2n) is 3.32. The van der Waals surface area contributed by atoms with Crippen molar-refractivity contribution in [3.8, 4) is 0 Å². The third-order valence-electron chi connectivity index (χ3n) is 2.17. The van der Waals surface area contributed by atoms with E-state index in [2.05, 4.69) is 20.8 Å². The lowest BCUT2D eigenvalue weighted by Gasteiger charge is -2.27. The van der Waals surface area contributed by atoms with Crippen molar-refractivity contribution in [3.63, 3.8) is 0 Å². The molecule has 11 heavy (non-hydrogen) atoms. The van der Waals surface area contributed by atoms with Crippen LogP contribution in [0.1, 0.15) is 40.5 Å². The smallest absolute Gasteiger partial charge is 0.0745 e. The molecule has 0 aliphatic carbocycles. The second kappa shape index (κ2) is 4.73. The van der Waals surface area contributed by atoms with Gasteiger partial charge in [-0.2, -0.15) is 0 Å². The number of ether oxygens (including phenoxy) is 1. The molecule has 0 aliphatic heterocycles. The van der Waals surface area contributed by atoms with Crippen LogP contribution >= 0.6 is 0 Å². The molecule has 0 aromatic carbocycles. The summed E-state index contributed by atoms with van der Waals surface area (Å²) in [7, 11) is 0. The van der Waals surface area contributed by atoms with Crippen LogP contribution in [0, 0.1) is 0 Å². The maximum Gasteiger partial charge on any atom is 0.0745 e. The monoisotopic (exact) mass is 160 g/mol. The predicted molar refractivity (Wildman–Crippen MR) is 46.6 cm³/mol. The maximum atomic E-state index is 8.98. The van der Waals surface area contributed by atoms with Gasteiger partial charge in [0.15, 0.2) is 0 Å². The van der Waals surface area contributed by atoms with Gasteiger partial charge in [-0.15, -0.1) is 0 Å². The van der Waals surface area contributed by atoms with Gasteiger partial charge in [0.25, 0.3) is 0 Å². The summed E-state index contributed by atoms with van der Waals surface area (Å²) in [4.78, 5) is 0. The number of aliphatic hydroxyl groups excluding tert-OH is 1. The Morgan fingerprint density at radius 2 is 1.82 bits per heavy atom. The van der Waals surface area contributed by atoms with Gasteiger partial charge in [-0.25, -0.2) is 0 Å². The Bertz CT molecular complexity index is 95.7. The van der Waals surface area contributed by atoms with Gasteiger partial charge in [0.05, 0.1) is 18.3 Å². The summed E-state index contributed by atoms with van der Waals surface area (Å²) in [6.07, 6.45) is 1.64. The molecule has 68 valence electrons. The molecule has 1 atom stereocenters. The molecule has 0 saturated heterocycles. The molecule has 0 saturated carbocycles. The fraction of sp³-hybridized carbons (Fsp3) is 1.00. The Balaban J connectivity index is 3.69. The second-order valence-corrected chi connectivity index (χ2v) is 3.32. The first kappa shape index (κ1) is 10.9. The van der Waals surface area contributed by atoms with Crippen molar-refractivity contribution in [2.24, 2.45) is 0 Å². The standard InChI is InChI=1S/C9H20O2/c1-5-9(4,6-2)11-7-8(3)10/h8,10H,5-7H2,1-4H3. The third-order valence-corrected chi connectivity index (χ3v) is 2.17. The maximum absolute atomic E-state index is 8.98. The van der Waals surface area contributed by atoms with E-state index in [1.54, 1.807) is 6.92 Å². The number of hydrogen-bond donors (Lipinski definition) is 1. The van der Waals surface area contributed by atoms with Gasteiger partial charge in [-0.05, 0) is 26.7 Å². The SMILES string of the molecule is CCC(C)(CC)OCC(C)O. The Morgan fingerprint density at radius 3 is 2.09 bits per heavy atom. The van der Waals surface area contributed by atoms with Crippen molar-refractivity contribution in [1.29, 1.82) is 0 Å². The van der Waals surface area contributed by atoms with Crippen molar-refractivity contribution in [2.45, 2.75) is 52.2 Å². The summed E-state index contributed by atoms with van der Waals surface area (Å²) >= 11 is 0. The van der Waals surface area contributed by atoms with Crippen molar-refractivity contribution in [1.82, 2.24) is 0 Å². The molecular weight excluding hydrogens is 140 g/mol. The van der Waals surface area contributed by atoms with E-state index in [1.807, 2.05) is 0 Å². The molecule has 0 aromatic heterocycles. The molecule has 2 heteroatoms. The van der Waals surface area contributed by atoms with Crippen LogP contribution in [0.5, 0.6) is 0 Å². The highest BCUT2D eigenvalue weighted by Gasteiger charge is 2.20. The average Bonchev–Trinajstić information content (AvgIpc) is 2.00. The van der Waals surface area contributed by atoms with Gasteiger partial charge < -0.3 is 9.84 Å². The number of rotatable bonds is 5. The lowest BCUT2D eigenvalue weighted by atomic mass is 10.0. The molecule has 0 aliphatic rings. The summed E-state index contributed by atoms with van der Waals surface area (Å²) in [5.74, 6) is 0. The van der Waals surface area contributed by atoms with Crippen LogP contribution in [-0.4, -0.2) is 23.4 Å². The summed E-state index contributed by atoms with van der Waals surface area (Å²) in [6, 6.07) is 0. The number of aliphatic hydroxyl groups is 1. The topological polar surface area (TPSA) is 29.5 Å². The van der Waals surface area contributed by atoms with E-state index < -0.39 is 0 Å². The van der Waals surface area contributed by atoms with E-state index in [-0.39, 0.29) is 11.7 Å². The van der Waals surface area contributed by atoms with Crippen LogP contribution in [0.2, 0.25) is 0 Å².